The maximum Gasteiger partial charge on any atom is 0.269 e. The van der Waals surface area contributed by atoms with Crippen molar-refractivity contribution in [3.8, 4) is 0 Å². The van der Waals surface area contributed by atoms with Gasteiger partial charge in [0.1, 0.15) is 16.2 Å². The first-order valence-corrected chi connectivity index (χ1v) is 11.3. The van der Waals surface area contributed by atoms with Gasteiger partial charge in [0.2, 0.25) is 5.95 Å². The number of hydrogen-bond donors (Lipinski definition) is 3. The van der Waals surface area contributed by atoms with Crippen molar-refractivity contribution >= 4 is 40.3 Å². The molecule has 1 aliphatic heterocycles. The third-order valence-electron chi connectivity index (χ3n) is 5.61. The lowest BCUT2D eigenvalue weighted by molar-refractivity contribution is 0.0946. The minimum absolute atomic E-state index is 0.136. The van der Waals surface area contributed by atoms with Crippen LogP contribution in [0.4, 0.5) is 17.6 Å². The van der Waals surface area contributed by atoms with Crippen LogP contribution in [0, 0.1) is 0 Å². The Balaban J connectivity index is 1.30. The first-order chi connectivity index (χ1) is 15.2. The van der Waals surface area contributed by atoms with Crippen molar-refractivity contribution in [2.75, 3.05) is 16.8 Å². The number of anilines is 3. The molecule has 1 aliphatic carbocycles. The van der Waals surface area contributed by atoms with Crippen molar-refractivity contribution in [2.24, 2.45) is 0 Å². The van der Waals surface area contributed by atoms with Crippen molar-refractivity contribution in [3.05, 3.63) is 46.7 Å². The summed E-state index contributed by atoms with van der Waals surface area (Å²) in [6.07, 6.45) is 7.92. The second kappa shape index (κ2) is 7.34. The summed E-state index contributed by atoms with van der Waals surface area (Å²) < 4.78 is 1.81. The van der Waals surface area contributed by atoms with Gasteiger partial charge in [-0.3, -0.25) is 9.89 Å². The Morgan fingerprint density at radius 3 is 3.06 bits per heavy atom. The quantitative estimate of drug-likeness (QED) is 0.426. The van der Waals surface area contributed by atoms with Gasteiger partial charge in [0.15, 0.2) is 11.6 Å². The van der Waals surface area contributed by atoms with Gasteiger partial charge in [0, 0.05) is 36.4 Å². The summed E-state index contributed by atoms with van der Waals surface area (Å²) >= 11 is 1.66. The van der Waals surface area contributed by atoms with Crippen LogP contribution in [0.1, 0.15) is 47.2 Å². The summed E-state index contributed by atoms with van der Waals surface area (Å²) in [4.78, 5) is 23.8. The van der Waals surface area contributed by atoms with Crippen molar-refractivity contribution in [1.29, 1.82) is 0 Å². The number of nitrogens with zero attached hydrogens (tertiary/aromatic N) is 6. The Kier molecular flexibility index (Phi) is 4.34. The number of H-pyrrole nitrogens is 1. The molecule has 4 aromatic rings. The Labute approximate surface area is 181 Å². The van der Waals surface area contributed by atoms with E-state index in [0.717, 1.165) is 42.8 Å². The SMILES string of the molecule is O=C(NC1CC1)c1cc(Nc2nc(N3CCCC3c3nccs3)nn3cccc23)n[nH]1. The van der Waals surface area contributed by atoms with E-state index in [2.05, 4.69) is 30.7 Å². The molecule has 3 N–H and O–H groups in total. The van der Waals surface area contributed by atoms with Gasteiger partial charge >= 0.3 is 0 Å². The smallest absolute Gasteiger partial charge is 0.269 e. The predicted octanol–water partition coefficient (Wildman–Crippen LogP) is 2.89. The summed E-state index contributed by atoms with van der Waals surface area (Å²) in [6, 6.07) is 6.06. The highest BCUT2D eigenvalue weighted by molar-refractivity contribution is 7.09. The topological polar surface area (TPSA) is 116 Å². The van der Waals surface area contributed by atoms with Gasteiger partial charge in [-0.2, -0.15) is 10.1 Å². The van der Waals surface area contributed by atoms with E-state index >= 15 is 0 Å². The third kappa shape index (κ3) is 3.50. The molecule has 6 rings (SSSR count). The second-order valence-electron chi connectivity index (χ2n) is 7.86. The molecule has 0 aromatic carbocycles. The molecule has 1 saturated heterocycles. The number of carbonyl (C=O) groups excluding carboxylic acids is 1. The van der Waals surface area contributed by atoms with E-state index in [1.807, 2.05) is 34.4 Å². The van der Waals surface area contributed by atoms with Gasteiger partial charge in [-0.25, -0.2) is 9.50 Å². The van der Waals surface area contributed by atoms with E-state index in [9.17, 15) is 4.79 Å². The summed E-state index contributed by atoms with van der Waals surface area (Å²) in [6.45, 7) is 0.879. The monoisotopic (exact) mass is 435 g/mol. The molecule has 11 heteroatoms. The lowest BCUT2D eigenvalue weighted by Crippen LogP contribution is -2.25. The van der Waals surface area contributed by atoms with Gasteiger partial charge in [0.25, 0.3) is 5.91 Å². The number of rotatable bonds is 6. The minimum Gasteiger partial charge on any atom is -0.348 e. The van der Waals surface area contributed by atoms with E-state index in [4.69, 9.17) is 10.1 Å². The number of hydrogen-bond acceptors (Lipinski definition) is 8. The van der Waals surface area contributed by atoms with E-state index < -0.39 is 0 Å². The molecule has 158 valence electrons. The molecule has 31 heavy (non-hydrogen) atoms. The fourth-order valence-electron chi connectivity index (χ4n) is 3.91. The van der Waals surface area contributed by atoms with Gasteiger partial charge in [-0.15, -0.1) is 16.4 Å². The molecule has 0 bridgehead atoms. The average molecular weight is 436 g/mol. The molecule has 10 nitrogen and oxygen atoms in total. The standard InChI is InChI=1S/C20H21N9OS/c30-18(22-12-5-6-12)13-11-16(26-25-13)23-17-14-3-2-9-29(14)27-20(24-17)28-8-1-4-15(28)19-21-7-10-31-19/h2-3,7,9-12,15H,1,4-6,8H2,(H,22,30)(H2,23,24,25,26,27). The van der Waals surface area contributed by atoms with Crippen LogP contribution in [0.2, 0.25) is 0 Å². The minimum atomic E-state index is -0.136. The van der Waals surface area contributed by atoms with Crippen molar-refractivity contribution in [3.63, 3.8) is 0 Å². The first kappa shape index (κ1) is 18.3. The highest BCUT2D eigenvalue weighted by Crippen LogP contribution is 2.36. The Morgan fingerprint density at radius 2 is 2.23 bits per heavy atom. The van der Waals surface area contributed by atoms with Crippen LogP contribution in [0.25, 0.3) is 5.52 Å². The van der Waals surface area contributed by atoms with E-state index in [1.165, 1.54) is 0 Å². The lowest BCUT2D eigenvalue weighted by atomic mass is 10.2. The van der Waals surface area contributed by atoms with Crippen LogP contribution in [0.5, 0.6) is 0 Å². The second-order valence-corrected chi connectivity index (χ2v) is 8.79. The van der Waals surface area contributed by atoms with Gasteiger partial charge in [-0.1, -0.05) is 0 Å². The molecule has 1 atom stereocenters. The van der Waals surface area contributed by atoms with Crippen LogP contribution < -0.4 is 15.5 Å². The summed E-state index contributed by atoms with van der Waals surface area (Å²) in [7, 11) is 0. The van der Waals surface area contributed by atoms with Gasteiger partial charge in [-0.05, 0) is 37.8 Å². The maximum atomic E-state index is 12.3. The molecule has 0 spiro atoms. The first-order valence-electron chi connectivity index (χ1n) is 10.4. The zero-order valence-corrected chi connectivity index (χ0v) is 17.5. The molecule has 1 amide bonds. The summed E-state index contributed by atoms with van der Waals surface area (Å²) in [5.74, 6) is 1.68. The van der Waals surface area contributed by atoms with Gasteiger partial charge < -0.3 is 15.5 Å². The Hall–Kier alpha value is -3.47. The number of aromatic amines is 1. The number of fused-ring (bicyclic) bond motifs is 1. The average Bonchev–Trinajstić information content (AvgIpc) is 3.31. The van der Waals surface area contributed by atoms with Crippen LogP contribution in [0.15, 0.2) is 36.0 Å². The van der Waals surface area contributed by atoms with Crippen molar-refractivity contribution in [1.82, 2.24) is 35.1 Å². The highest BCUT2D eigenvalue weighted by Gasteiger charge is 2.31. The maximum absolute atomic E-state index is 12.3. The zero-order valence-electron chi connectivity index (χ0n) is 16.7. The molecule has 1 saturated carbocycles. The van der Waals surface area contributed by atoms with Gasteiger partial charge in [0.05, 0.1) is 6.04 Å². The van der Waals surface area contributed by atoms with E-state index in [-0.39, 0.29) is 11.9 Å². The molecule has 4 aromatic heterocycles. The van der Waals surface area contributed by atoms with Crippen molar-refractivity contribution < 1.29 is 4.79 Å². The van der Waals surface area contributed by atoms with Crippen LogP contribution in [-0.2, 0) is 0 Å². The number of thiazole rings is 1. The molecular formula is C20H21N9OS. The fraction of sp³-hybridized carbons (Fsp3) is 0.350. The molecule has 2 fully saturated rings. The summed E-state index contributed by atoms with van der Waals surface area (Å²) in [5, 5.41) is 21.1. The van der Waals surface area contributed by atoms with E-state index in [0.29, 0.717) is 29.3 Å². The number of amides is 1. The molecule has 0 radical (unpaired) electrons. The van der Waals surface area contributed by atoms with E-state index in [1.54, 1.807) is 17.4 Å². The zero-order chi connectivity index (χ0) is 20.8. The predicted molar refractivity (Wildman–Crippen MR) is 117 cm³/mol. The largest absolute Gasteiger partial charge is 0.348 e. The molecule has 5 heterocycles. The number of aromatic nitrogens is 6. The van der Waals surface area contributed by atoms with Crippen LogP contribution >= 0.6 is 11.3 Å². The summed E-state index contributed by atoms with van der Waals surface area (Å²) in [5.41, 5.74) is 1.26. The molecule has 2 aliphatic rings. The number of nitrogens with one attached hydrogen (secondary N) is 3. The molecular weight excluding hydrogens is 414 g/mol. The third-order valence-corrected chi connectivity index (χ3v) is 6.48. The Bertz CT molecular complexity index is 1230. The van der Waals surface area contributed by atoms with Crippen LogP contribution in [0.3, 0.4) is 0 Å². The molecule has 1 unspecified atom stereocenters. The fourth-order valence-corrected chi connectivity index (χ4v) is 4.70. The normalized spacial score (nSPS) is 18.6. The Morgan fingerprint density at radius 1 is 1.29 bits per heavy atom. The highest BCUT2D eigenvalue weighted by atomic mass is 32.1. The van der Waals surface area contributed by atoms with Crippen LogP contribution in [-0.4, -0.2) is 48.3 Å². The lowest BCUT2D eigenvalue weighted by Gasteiger charge is -2.23. The number of carbonyl (C=O) groups is 1. The van der Waals surface area contributed by atoms with Crippen molar-refractivity contribution in [2.45, 2.75) is 37.8 Å².